The first-order valence-corrected chi connectivity index (χ1v) is 6.78. The van der Waals surface area contributed by atoms with Crippen LogP contribution < -0.4 is 0 Å². The highest BCUT2D eigenvalue weighted by atomic mass is 16.5. The van der Waals surface area contributed by atoms with Crippen molar-refractivity contribution >= 4 is 11.6 Å². The lowest BCUT2D eigenvalue weighted by Gasteiger charge is -2.44. The summed E-state index contributed by atoms with van der Waals surface area (Å²) in [7, 11) is 0. The van der Waals surface area contributed by atoms with Gasteiger partial charge in [-0.2, -0.15) is 0 Å². The molecule has 2 heterocycles. The van der Waals surface area contributed by atoms with Gasteiger partial charge in [0.05, 0.1) is 17.1 Å². The van der Waals surface area contributed by atoms with Crippen molar-refractivity contribution in [3.8, 4) is 0 Å². The van der Waals surface area contributed by atoms with Crippen molar-refractivity contribution < 1.29 is 14.3 Å². The highest BCUT2D eigenvalue weighted by molar-refractivity contribution is 5.91. The maximum Gasteiger partial charge on any atom is 0.142 e. The second kappa shape index (κ2) is 4.30. The number of hydrogen-bond acceptors (Lipinski definition) is 3. The molecule has 2 bridgehead atoms. The normalized spacial score (nSPS) is 38.5. The van der Waals surface area contributed by atoms with Crippen molar-refractivity contribution in [1.82, 2.24) is 0 Å². The summed E-state index contributed by atoms with van der Waals surface area (Å²) < 4.78 is 6.18. The number of carbonyl (C=O) groups excluding carboxylic acids is 2. The Kier molecular flexibility index (Phi) is 3.22. The van der Waals surface area contributed by atoms with Crippen LogP contribution in [-0.2, 0) is 14.3 Å². The zero-order valence-electron chi connectivity index (χ0n) is 11.7. The Balaban J connectivity index is 2.26. The van der Waals surface area contributed by atoms with E-state index in [2.05, 4.69) is 13.8 Å². The zero-order valence-corrected chi connectivity index (χ0v) is 11.7. The lowest BCUT2D eigenvalue weighted by Crippen LogP contribution is -2.53. The van der Waals surface area contributed by atoms with Crippen LogP contribution in [0.15, 0.2) is 12.2 Å². The molecule has 1 saturated heterocycles. The standard InChI is InChI=1S/C15H22O3/c1-5-11(16)8-12-13(17)9-15(10(2)3)7-6-14(12,4)18-15/h6-7,10,12H,5,8-9H2,1-4H3/t12-,14-,15+/m1/s1. The van der Waals surface area contributed by atoms with Crippen molar-refractivity contribution in [1.29, 1.82) is 0 Å². The van der Waals surface area contributed by atoms with Crippen molar-refractivity contribution in [2.45, 2.75) is 58.2 Å². The topological polar surface area (TPSA) is 43.4 Å². The van der Waals surface area contributed by atoms with Crippen LogP contribution in [-0.4, -0.2) is 22.8 Å². The van der Waals surface area contributed by atoms with Crippen LogP contribution in [0.2, 0.25) is 0 Å². The van der Waals surface area contributed by atoms with Gasteiger partial charge in [0.25, 0.3) is 0 Å². The summed E-state index contributed by atoms with van der Waals surface area (Å²) in [6.45, 7) is 7.90. The van der Waals surface area contributed by atoms with Gasteiger partial charge in [-0.3, -0.25) is 9.59 Å². The smallest absolute Gasteiger partial charge is 0.142 e. The number of carbonyl (C=O) groups is 2. The molecule has 2 aliphatic heterocycles. The van der Waals surface area contributed by atoms with E-state index in [1.165, 1.54) is 0 Å². The van der Waals surface area contributed by atoms with E-state index in [4.69, 9.17) is 4.74 Å². The van der Waals surface area contributed by atoms with Crippen molar-refractivity contribution in [3.63, 3.8) is 0 Å². The van der Waals surface area contributed by atoms with Crippen LogP contribution in [0.1, 0.15) is 47.0 Å². The Morgan fingerprint density at radius 2 is 2.17 bits per heavy atom. The maximum absolute atomic E-state index is 12.3. The molecule has 0 aromatic rings. The van der Waals surface area contributed by atoms with Crippen LogP contribution in [0.5, 0.6) is 0 Å². The van der Waals surface area contributed by atoms with Gasteiger partial charge in [0.15, 0.2) is 0 Å². The van der Waals surface area contributed by atoms with Gasteiger partial charge in [-0.15, -0.1) is 0 Å². The molecule has 0 N–H and O–H groups in total. The van der Waals surface area contributed by atoms with E-state index in [1.807, 2.05) is 26.0 Å². The van der Waals surface area contributed by atoms with E-state index in [-0.39, 0.29) is 23.4 Å². The van der Waals surface area contributed by atoms with E-state index < -0.39 is 11.2 Å². The molecule has 3 nitrogen and oxygen atoms in total. The third-order valence-corrected chi connectivity index (χ3v) is 4.44. The van der Waals surface area contributed by atoms with Crippen LogP contribution in [0.25, 0.3) is 0 Å². The van der Waals surface area contributed by atoms with Crippen LogP contribution in [0.3, 0.4) is 0 Å². The van der Waals surface area contributed by atoms with E-state index >= 15 is 0 Å². The molecule has 1 fully saturated rings. The van der Waals surface area contributed by atoms with Gasteiger partial charge in [-0.05, 0) is 12.8 Å². The number of rotatable bonds is 4. The summed E-state index contributed by atoms with van der Waals surface area (Å²) in [4.78, 5) is 24.0. The maximum atomic E-state index is 12.3. The molecule has 0 aromatic heterocycles. The van der Waals surface area contributed by atoms with E-state index in [9.17, 15) is 9.59 Å². The minimum Gasteiger partial charge on any atom is -0.359 e. The van der Waals surface area contributed by atoms with E-state index in [1.54, 1.807) is 0 Å². The quantitative estimate of drug-likeness (QED) is 0.720. The number of ether oxygens (including phenoxy) is 1. The monoisotopic (exact) mass is 250 g/mol. The molecule has 0 amide bonds. The average Bonchev–Trinajstić information content (AvgIpc) is 2.60. The van der Waals surface area contributed by atoms with Crippen molar-refractivity contribution in [2.24, 2.45) is 11.8 Å². The van der Waals surface area contributed by atoms with Crippen LogP contribution in [0.4, 0.5) is 0 Å². The van der Waals surface area contributed by atoms with Crippen LogP contribution >= 0.6 is 0 Å². The minimum absolute atomic E-state index is 0.135. The molecule has 0 aliphatic carbocycles. The SMILES string of the molecule is CCC(=O)C[C@@H]1C(=O)C[C@]2(C(C)C)C=C[C@@]1(C)O2. The van der Waals surface area contributed by atoms with Gasteiger partial charge in [-0.1, -0.05) is 32.9 Å². The molecule has 0 spiro atoms. The molecule has 0 saturated carbocycles. The average molecular weight is 250 g/mol. The molecule has 0 radical (unpaired) electrons. The summed E-state index contributed by atoms with van der Waals surface area (Å²) in [6.07, 6.45) is 5.22. The fourth-order valence-electron chi connectivity index (χ4n) is 2.98. The summed E-state index contributed by atoms with van der Waals surface area (Å²) in [5.41, 5.74) is -1.04. The Morgan fingerprint density at radius 3 is 2.72 bits per heavy atom. The number of hydrogen-bond donors (Lipinski definition) is 0. The number of Topliss-reactive ketones (excluding diaryl/α,β-unsaturated/α-hetero) is 2. The Morgan fingerprint density at radius 1 is 1.50 bits per heavy atom. The third-order valence-electron chi connectivity index (χ3n) is 4.44. The fourth-order valence-corrected chi connectivity index (χ4v) is 2.98. The first-order chi connectivity index (χ1) is 8.33. The Bertz CT molecular complexity index is 410. The Hall–Kier alpha value is -0.960. The van der Waals surface area contributed by atoms with E-state index in [0.29, 0.717) is 19.3 Å². The zero-order chi connectivity index (χ0) is 13.6. The summed E-state index contributed by atoms with van der Waals surface area (Å²) in [6, 6.07) is 0. The lowest BCUT2D eigenvalue weighted by atomic mass is 9.75. The molecular weight excluding hydrogens is 228 g/mol. The summed E-state index contributed by atoms with van der Waals surface area (Å²) >= 11 is 0. The molecule has 3 atom stereocenters. The first-order valence-electron chi connectivity index (χ1n) is 6.78. The van der Waals surface area contributed by atoms with E-state index in [0.717, 1.165) is 0 Å². The van der Waals surface area contributed by atoms with Crippen molar-refractivity contribution in [3.05, 3.63) is 12.2 Å². The highest BCUT2D eigenvalue weighted by Crippen LogP contribution is 2.48. The first kappa shape index (κ1) is 13.5. The van der Waals surface area contributed by atoms with Gasteiger partial charge in [0, 0.05) is 19.3 Å². The minimum atomic E-state index is -0.593. The Labute approximate surface area is 109 Å². The van der Waals surface area contributed by atoms with Gasteiger partial charge in [0.1, 0.15) is 11.6 Å². The molecule has 2 rings (SSSR count). The number of fused-ring (bicyclic) bond motifs is 2. The summed E-state index contributed by atoms with van der Waals surface area (Å²) in [5, 5.41) is 0. The largest absolute Gasteiger partial charge is 0.359 e. The van der Waals surface area contributed by atoms with Gasteiger partial charge in [-0.25, -0.2) is 0 Å². The molecule has 100 valence electrons. The molecule has 18 heavy (non-hydrogen) atoms. The predicted molar refractivity (Wildman–Crippen MR) is 69.2 cm³/mol. The van der Waals surface area contributed by atoms with Gasteiger partial charge >= 0.3 is 0 Å². The molecule has 0 aromatic carbocycles. The predicted octanol–water partition coefficient (Wildman–Crippen LogP) is 2.68. The fraction of sp³-hybridized carbons (Fsp3) is 0.733. The summed E-state index contributed by atoms with van der Waals surface area (Å²) in [5.74, 6) is 0.262. The second-order valence-electron chi connectivity index (χ2n) is 6.02. The molecule has 0 unspecified atom stereocenters. The molecule has 3 heteroatoms. The van der Waals surface area contributed by atoms with Gasteiger partial charge < -0.3 is 4.74 Å². The second-order valence-corrected chi connectivity index (χ2v) is 6.02. The van der Waals surface area contributed by atoms with Crippen molar-refractivity contribution in [2.75, 3.05) is 0 Å². The van der Waals surface area contributed by atoms with Gasteiger partial charge in [0.2, 0.25) is 0 Å². The lowest BCUT2D eigenvalue weighted by molar-refractivity contribution is -0.178. The molecular formula is C15H22O3. The number of ketones is 2. The highest BCUT2D eigenvalue weighted by Gasteiger charge is 2.56. The molecule has 2 aliphatic rings. The third kappa shape index (κ3) is 1.95. The van der Waals surface area contributed by atoms with Crippen LogP contribution in [0, 0.1) is 11.8 Å².